The highest BCUT2D eigenvalue weighted by molar-refractivity contribution is 5.68. The molecule has 2 heterocycles. The highest BCUT2D eigenvalue weighted by Crippen LogP contribution is 2.67. The summed E-state index contributed by atoms with van der Waals surface area (Å²) in [5.41, 5.74) is 3.13. The number of carbonyl (C=O) groups is 1. The van der Waals surface area contributed by atoms with Crippen LogP contribution in [-0.4, -0.2) is 6.29 Å². The summed E-state index contributed by atoms with van der Waals surface area (Å²) < 4.78 is 6.97. The Morgan fingerprint density at radius 3 is 1.73 bits per heavy atom. The first-order valence-corrected chi connectivity index (χ1v) is 9.11. The van der Waals surface area contributed by atoms with E-state index in [1.54, 1.807) is 0 Å². The summed E-state index contributed by atoms with van der Waals surface area (Å²) in [6.07, 6.45) is 1.10. The fourth-order valence-corrected chi connectivity index (χ4v) is 5.15. The number of rotatable bonds is 3. The van der Waals surface area contributed by atoms with Gasteiger partial charge in [-0.15, -0.1) is 0 Å². The van der Waals surface area contributed by atoms with E-state index < -0.39 is 11.2 Å². The van der Waals surface area contributed by atoms with Gasteiger partial charge in [0.1, 0.15) is 17.5 Å². The average Bonchev–Trinajstić information content (AvgIpc) is 3.17. The van der Waals surface area contributed by atoms with E-state index in [-0.39, 0.29) is 11.8 Å². The fourth-order valence-electron chi connectivity index (χ4n) is 5.15. The molecule has 2 bridgehead atoms. The van der Waals surface area contributed by atoms with Gasteiger partial charge in [-0.3, -0.25) is 0 Å². The number of ether oxygens (including phenoxy) is 1. The van der Waals surface area contributed by atoms with Crippen molar-refractivity contribution >= 4 is 6.29 Å². The van der Waals surface area contributed by atoms with Gasteiger partial charge in [-0.05, 0) is 22.3 Å². The monoisotopic (exact) mass is 340 g/mol. The van der Waals surface area contributed by atoms with Crippen molar-refractivity contribution in [3.05, 3.63) is 107 Å². The van der Waals surface area contributed by atoms with Crippen molar-refractivity contribution in [3.8, 4) is 0 Å². The summed E-state index contributed by atoms with van der Waals surface area (Å²) in [5.74, 6) is -0.197. The van der Waals surface area contributed by atoms with E-state index in [1.165, 1.54) is 5.56 Å². The molecule has 1 fully saturated rings. The molecular formula is C24H20O2. The fraction of sp³-hybridized carbons (Fsp3) is 0.208. The van der Waals surface area contributed by atoms with Gasteiger partial charge in [-0.2, -0.15) is 0 Å². The van der Waals surface area contributed by atoms with Gasteiger partial charge in [0.15, 0.2) is 0 Å². The number of aldehydes is 1. The van der Waals surface area contributed by atoms with E-state index in [4.69, 9.17) is 4.74 Å². The zero-order chi connectivity index (χ0) is 17.8. The quantitative estimate of drug-likeness (QED) is 0.648. The molecule has 0 aromatic heterocycles. The number of carbonyl (C=O) groups excluding carboxylic acids is 1. The Morgan fingerprint density at radius 1 is 0.731 bits per heavy atom. The molecule has 0 amide bonds. The maximum Gasteiger partial charge on any atom is 0.130 e. The topological polar surface area (TPSA) is 26.3 Å². The van der Waals surface area contributed by atoms with Crippen LogP contribution in [0.15, 0.2) is 84.9 Å². The molecule has 2 heteroatoms. The molecule has 2 unspecified atom stereocenters. The molecule has 2 aliphatic heterocycles. The molecule has 0 saturated carbocycles. The normalized spacial score (nSPS) is 31.6. The van der Waals surface area contributed by atoms with Gasteiger partial charge in [0.05, 0.1) is 5.92 Å². The standard InChI is InChI=1S/C24H20O2/c1-17-22(16-25)24(19-12-6-3-7-13-19)21-15-9-8-14-20(21)23(17,26-24)18-10-4-2-5-11-18/h2-17,22H,1H3/t17?,22-,23?,24+/m1/s1. The van der Waals surface area contributed by atoms with E-state index >= 15 is 0 Å². The van der Waals surface area contributed by atoms with Crippen molar-refractivity contribution in [1.82, 2.24) is 0 Å². The zero-order valence-corrected chi connectivity index (χ0v) is 14.6. The van der Waals surface area contributed by atoms with Gasteiger partial charge in [0.25, 0.3) is 0 Å². The second-order valence-electron chi connectivity index (χ2n) is 7.30. The second-order valence-corrected chi connectivity index (χ2v) is 7.30. The summed E-state index contributed by atoms with van der Waals surface area (Å²) in [6, 6.07) is 28.9. The third-order valence-electron chi connectivity index (χ3n) is 6.25. The zero-order valence-electron chi connectivity index (χ0n) is 14.6. The van der Waals surface area contributed by atoms with Crippen LogP contribution in [0.4, 0.5) is 0 Å². The summed E-state index contributed by atoms with van der Waals surface area (Å²) in [7, 11) is 0. The molecule has 3 aromatic rings. The minimum absolute atomic E-state index is 0.0394. The molecule has 128 valence electrons. The van der Waals surface area contributed by atoms with Crippen molar-refractivity contribution in [2.24, 2.45) is 11.8 Å². The highest BCUT2D eigenvalue weighted by atomic mass is 16.5. The van der Waals surface area contributed by atoms with Gasteiger partial charge in [-0.1, -0.05) is 91.9 Å². The largest absolute Gasteiger partial charge is 0.349 e. The van der Waals surface area contributed by atoms with Gasteiger partial charge >= 0.3 is 0 Å². The molecule has 2 nitrogen and oxygen atoms in total. The van der Waals surface area contributed by atoms with Crippen LogP contribution in [0, 0.1) is 11.8 Å². The Balaban J connectivity index is 1.87. The Hall–Kier alpha value is -2.71. The van der Waals surface area contributed by atoms with Crippen molar-refractivity contribution in [1.29, 1.82) is 0 Å². The minimum Gasteiger partial charge on any atom is -0.349 e. The second kappa shape index (κ2) is 5.39. The van der Waals surface area contributed by atoms with Crippen LogP contribution in [0.2, 0.25) is 0 Å². The van der Waals surface area contributed by atoms with Gasteiger partial charge in [0.2, 0.25) is 0 Å². The minimum atomic E-state index is -0.727. The van der Waals surface area contributed by atoms with Crippen LogP contribution < -0.4 is 0 Å². The van der Waals surface area contributed by atoms with Crippen molar-refractivity contribution in [2.75, 3.05) is 0 Å². The van der Waals surface area contributed by atoms with E-state index in [9.17, 15) is 4.79 Å². The van der Waals surface area contributed by atoms with E-state index in [1.807, 2.05) is 42.5 Å². The Morgan fingerprint density at radius 2 is 1.19 bits per heavy atom. The number of benzene rings is 3. The molecule has 0 radical (unpaired) electrons. The van der Waals surface area contributed by atoms with E-state index in [0.29, 0.717) is 0 Å². The SMILES string of the molecule is CC1[C@@H](C=O)[C@@]2(c3ccccc3)OC1(c1ccccc1)c1ccccc12. The number of hydrogen-bond donors (Lipinski definition) is 0. The van der Waals surface area contributed by atoms with Crippen LogP contribution >= 0.6 is 0 Å². The van der Waals surface area contributed by atoms with E-state index in [0.717, 1.165) is 23.0 Å². The summed E-state index contributed by atoms with van der Waals surface area (Å²) in [5, 5.41) is 0. The molecule has 0 aliphatic carbocycles. The molecular weight excluding hydrogens is 320 g/mol. The molecule has 4 atom stereocenters. The lowest BCUT2D eigenvalue weighted by Gasteiger charge is -2.36. The predicted molar refractivity (Wildman–Crippen MR) is 101 cm³/mol. The summed E-state index contributed by atoms with van der Waals surface area (Å²) >= 11 is 0. The Labute approximate surface area is 153 Å². The van der Waals surface area contributed by atoms with Crippen molar-refractivity contribution in [2.45, 2.75) is 18.1 Å². The summed E-state index contributed by atoms with van der Waals surface area (Å²) in [6.45, 7) is 2.15. The third-order valence-corrected chi connectivity index (χ3v) is 6.25. The van der Waals surface area contributed by atoms with Crippen molar-refractivity contribution < 1.29 is 9.53 Å². The molecule has 3 aromatic carbocycles. The molecule has 1 saturated heterocycles. The highest BCUT2D eigenvalue weighted by Gasteiger charge is 2.69. The number of hydrogen-bond acceptors (Lipinski definition) is 2. The molecule has 0 spiro atoms. The first kappa shape index (κ1) is 15.5. The smallest absolute Gasteiger partial charge is 0.130 e. The molecule has 0 N–H and O–H groups in total. The van der Waals surface area contributed by atoms with Crippen LogP contribution in [0.3, 0.4) is 0 Å². The van der Waals surface area contributed by atoms with Crippen LogP contribution in [0.1, 0.15) is 29.2 Å². The first-order chi connectivity index (χ1) is 12.7. The predicted octanol–water partition coefficient (Wildman–Crippen LogP) is 4.67. The van der Waals surface area contributed by atoms with Gasteiger partial charge in [0, 0.05) is 5.92 Å². The average molecular weight is 340 g/mol. The maximum absolute atomic E-state index is 12.3. The maximum atomic E-state index is 12.3. The number of fused-ring (bicyclic) bond motifs is 5. The van der Waals surface area contributed by atoms with Crippen LogP contribution in [0.25, 0.3) is 0 Å². The summed E-state index contributed by atoms with van der Waals surface area (Å²) in [4.78, 5) is 12.3. The molecule has 26 heavy (non-hydrogen) atoms. The van der Waals surface area contributed by atoms with Gasteiger partial charge < -0.3 is 9.53 Å². The van der Waals surface area contributed by atoms with Crippen molar-refractivity contribution in [3.63, 3.8) is 0 Å². The Bertz CT molecular complexity index is 966. The molecule has 5 rings (SSSR count). The lowest BCUT2D eigenvalue weighted by Crippen LogP contribution is -2.39. The Kier molecular flexibility index (Phi) is 3.22. The third kappa shape index (κ3) is 1.68. The lowest BCUT2D eigenvalue weighted by atomic mass is 9.61. The molecule has 2 aliphatic rings. The van der Waals surface area contributed by atoms with Crippen LogP contribution in [0.5, 0.6) is 0 Å². The van der Waals surface area contributed by atoms with Gasteiger partial charge in [-0.25, -0.2) is 0 Å². The van der Waals surface area contributed by atoms with Crippen LogP contribution in [-0.2, 0) is 20.7 Å². The lowest BCUT2D eigenvalue weighted by molar-refractivity contribution is -0.116. The van der Waals surface area contributed by atoms with E-state index in [2.05, 4.69) is 49.4 Å². The first-order valence-electron chi connectivity index (χ1n) is 9.11.